The highest BCUT2D eigenvalue weighted by molar-refractivity contribution is 9.12. The molecule has 0 aromatic carbocycles. The maximum Gasteiger partial charge on any atom is 0.160 e. The van der Waals surface area contributed by atoms with Crippen LogP contribution in [-0.4, -0.2) is 12.4 Å². The predicted molar refractivity (Wildman–Crippen MR) is 55.6 cm³/mol. The van der Waals surface area contributed by atoms with Crippen LogP contribution in [0.15, 0.2) is 10.2 Å². The second-order valence-corrected chi connectivity index (χ2v) is 4.25. The number of halogens is 1. The average molecular weight is 247 g/mol. The van der Waals surface area contributed by atoms with Crippen molar-refractivity contribution in [2.45, 2.75) is 45.1 Å². The van der Waals surface area contributed by atoms with Crippen molar-refractivity contribution in [1.82, 2.24) is 0 Å². The molecule has 1 rings (SSSR count). The molecule has 74 valence electrons. The van der Waals surface area contributed by atoms with Crippen LogP contribution >= 0.6 is 15.9 Å². The van der Waals surface area contributed by atoms with E-state index in [1.165, 1.54) is 19.3 Å². The van der Waals surface area contributed by atoms with Crippen molar-refractivity contribution in [3.8, 4) is 0 Å². The Labute approximate surface area is 87.5 Å². The molecule has 1 aliphatic carbocycles. The number of allylic oxidation sites excluding steroid dienone is 2. The first-order valence-corrected chi connectivity index (χ1v) is 5.51. The fraction of sp³-hybridized carbons (Fsp3) is 0.700. The number of hydrogen-bond acceptors (Lipinski definition) is 2. The number of carbonyl (C=O) groups excluding carboxylic acids is 1. The summed E-state index contributed by atoms with van der Waals surface area (Å²) in [7, 11) is 0. The van der Waals surface area contributed by atoms with Gasteiger partial charge < -0.3 is 4.74 Å². The van der Waals surface area contributed by atoms with Crippen molar-refractivity contribution >= 4 is 22.2 Å². The van der Waals surface area contributed by atoms with Crippen LogP contribution in [0.25, 0.3) is 0 Å². The molecule has 3 heteroatoms. The third-order valence-corrected chi connectivity index (χ3v) is 3.08. The van der Waals surface area contributed by atoms with Gasteiger partial charge in [-0.1, -0.05) is 6.42 Å². The summed E-state index contributed by atoms with van der Waals surface area (Å²) in [6.45, 7) is 1.83. The molecule has 2 nitrogen and oxygen atoms in total. The van der Waals surface area contributed by atoms with Gasteiger partial charge in [-0.2, -0.15) is 0 Å². The normalized spacial score (nSPS) is 20.8. The Balaban J connectivity index is 2.42. The van der Waals surface area contributed by atoms with Crippen LogP contribution in [0.2, 0.25) is 0 Å². The largest absolute Gasteiger partial charge is 0.494 e. The second-order valence-electron chi connectivity index (χ2n) is 3.40. The van der Waals surface area contributed by atoms with E-state index in [4.69, 9.17) is 4.74 Å². The topological polar surface area (TPSA) is 26.3 Å². The lowest BCUT2D eigenvalue weighted by Crippen LogP contribution is -2.15. The summed E-state index contributed by atoms with van der Waals surface area (Å²) in [5.74, 6) is 0.710. The third kappa shape index (κ3) is 3.51. The molecule has 0 spiro atoms. The van der Waals surface area contributed by atoms with Crippen LogP contribution in [0, 0.1) is 0 Å². The Morgan fingerprint density at radius 1 is 1.38 bits per heavy atom. The fourth-order valence-corrected chi connectivity index (χ4v) is 1.67. The first-order chi connectivity index (χ1) is 6.24. The molecule has 0 aliphatic heterocycles. The zero-order valence-corrected chi connectivity index (χ0v) is 9.47. The molecule has 0 radical (unpaired) electrons. The standard InChI is InChI=1S/C10H15BrO2/c1-8(10(11)7-12)13-9-5-3-2-4-6-9/h7,9H,2-6H2,1H3/b10-8+. The lowest BCUT2D eigenvalue weighted by atomic mass is 9.98. The Bertz CT molecular complexity index is 205. The molecule has 1 saturated carbocycles. The Hall–Kier alpha value is -0.310. The van der Waals surface area contributed by atoms with Gasteiger partial charge in [0.05, 0.1) is 10.6 Å². The van der Waals surface area contributed by atoms with Gasteiger partial charge in [0.2, 0.25) is 0 Å². The van der Waals surface area contributed by atoms with Gasteiger partial charge in [0.25, 0.3) is 0 Å². The molecule has 13 heavy (non-hydrogen) atoms. The number of aldehydes is 1. The van der Waals surface area contributed by atoms with E-state index in [1.807, 2.05) is 6.92 Å². The van der Waals surface area contributed by atoms with Crippen LogP contribution in [-0.2, 0) is 9.53 Å². The van der Waals surface area contributed by atoms with E-state index < -0.39 is 0 Å². The zero-order valence-electron chi connectivity index (χ0n) is 7.88. The summed E-state index contributed by atoms with van der Waals surface area (Å²) in [6.07, 6.45) is 7.15. The van der Waals surface area contributed by atoms with Gasteiger partial charge in [0.1, 0.15) is 5.76 Å². The molecule has 0 bridgehead atoms. The van der Waals surface area contributed by atoms with Gasteiger partial charge in [-0.05, 0) is 48.5 Å². The van der Waals surface area contributed by atoms with E-state index in [1.54, 1.807) is 0 Å². The van der Waals surface area contributed by atoms with E-state index in [0.717, 1.165) is 19.1 Å². The van der Waals surface area contributed by atoms with Crippen LogP contribution < -0.4 is 0 Å². The maximum absolute atomic E-state index is 10.4. The minimum atomic E-state index is 0.321. The molecule has 0 atom stereocenters. The SMILES string of the molecule is C/C(OC1CCCCC1)=C(\Br)C=O. The maximum atomic E-state index is 10.4. The van der Waals surface area contributed by atoms with E-state index >= 15 is 0 Å². The Morgan fingerprint density at radius 2 is 2.00 bits per heavy atom. The molecule has 0 heterocycles. The minimum absolute atomic E-state index is 0.321. The number of rotatable bonds is 3. The molecule has 1 aliphatic rings. The van der Waals surface area contributed by atoms with Crippen LogP contribution in [0.4, 0.5) is 0 Å². The van der Waals surface area contributed by atoms with E-state index in [0.29, 0.717) is 16.3 Å². The van der Waals surface area contributed by atoms with Crippen molar-refractivity contribution in [3.63, 3.8) is 0 Å². The summed E-state index contributed by atoms with van der Waals surface area (Å²) in [5.41, 5.74) is 0. The van der Waals surface area contributed by atoms with Crippen molar-refractivity contribution in [2.75, 3.05) is 0 Å². The van der Waals surface area contributed by atoms with Gasteiger partial charge in [-0.25, -0.2) is 0 Å². The summed E-state index contributed by atoms with van der Waals surface area (Å²) < 4.78 is 6.17. The monoisotopic (exact) mass is 246 g/mol. The predicted octanol–water partition coefficient (Wildman–Crippen LogP) is 3.16. The summed E-state index contributed by atoms with van der Waals surface area (Å²) in [4.78, 5) is 10.4. The van der Waals surface area contributed by atoms with Crippen molar-refractivity contribution in [2.24, 2.45) is 0 Å². The summed E-state index contributed by atoms with van der Waals surface area (Å²) >= 11 is 3.16. The molecule has 0 aromatic heterocycles. The smallest absolute Gasteiger partial charge is 0.160 e. The first kappa shape index (κ1) is 10.8. The van der Waals surface area contributed by atoms with E-state index in [2.05, 4.69) is 15.9 Å². The van der Waals surface area contributed by atoms with E-state index in [-0.39, 0.29) is 0 Å². The van der Waals surface area contributed by atoms with Gasteiger partial charge in [0.15, 0.2) is 6.29 Å². The van der Waals surface area contributed by atoms with Crippen LogP contribution in [0.1, 0.15) is 39.0 Å². The van der Waals surface area contributed by atoms with Crippen LogP contribution in [0.3, 0.4) is 0 Å². The van der Waals surface area contributed by atoms with Gasteiger partial charge >= 0.3 is 0 Å². The first-order valence-electron chi connectivity index (χ1n) is 4.72. The lowest BCUT2D eigenvalue weighted by Gasteiger charge is -2.23. The molecule has 0 aromatic rings. The minimum Gasteiger partial charge on any atom is -0.494 e. The second kappa shape index (κ2) is 5.43. The highest BCUT2D eigenvalue weighted by Gasteiger charge is 2.15. The Kier molecular flexibility index (Phi) is 4.50. The summed E-state index contributed by atoms with van der Waals surface area (Å²) in [6, 6.07) is 0. The van der Waals surface area contributed by atoms with E-state index in [9.17, 15) is 4.79 Å². The highest BCUT2D eigenvalue weighted by atomic mass is 79.9. The molecule has 0 saturated heterocycles. The third-order valence-electron chi connectivity index (χ3n) is 2.34. The highest BCUT2D eigenvalue weighted by Crippen LogP contribution is 2.23. The fourth-order valence-electron chi connectivity index (χ4n) is 1.57. The Morgan fingerprint density at radius 3 is 2.54 bits per heavy atom. The number of carbonyl (C=O) groups is 1. The van der Waals surface area contributed by atoms with Crippen molar-refractivity contribution in [3.05, 3.63) is 10.2 Å². The number of hydrogen-bond donors (Lipinski definition) is 0. The average Bonchev–Trinajstić information content (AvgIpc) is 2.18. The number of ether oxygens (including phenoxy) is 1. The molecular formula is C10H15BrO2. The lowest BCUT2D eigenvalue weighted by molar-refractivity contribution is -0.104. The van der Waals surface area contributed by atoms with Crippen molar-refractivity contribution in [1.29, 1.82) is 0 Å². The molecule has 1 fully saturated rings. The van der Waals surface area contributed by atoms with Gasteiger partial charge in [-0.15, -0.1) is 0 Å². The van der Waals surface area contributed by atoms with Crippen LogP contribution in [0.5, 0.6) is 0 Å². The van der Waals surface area contributed by atoms with Crippen molar-refractivity contribution < 1.29 is 9.53 Å². The quantitative estimate of drug-likeness (QED) is 0.435. The molecule has 0 N–H and O–H groups in total. The molecular weight excluding hydrogens is 232 g/mol. The summed E-state index contributed by atoms with van der Waals surface area (Å²) in [5, 5.41) is 0. The molecule has 0 amide bonds. The van der Waals surface area contributed by atoms with Gasteiger partial charge in [0, 0.05) is 0 Å². The molecule has 0 unspecified atom stereocenters. The zero-order chi connectivity index (χ0) is 9.68. The van der Waals surface area contributed by atoms with Gasteiger partial charge in [-0.3, -0.25) is 4.79 Å².